The average Bonchev–Trinajstić information content (AvgIpc) is 3.54. The lowest BCUT2D eigenvalue weighted by atomic mass is 10.1. The van der Waals surface area contributed by atoms with Gasteiger partial charge in [-0.25, -0.2) is 0 Å². The number of benzene rings is 8. The number of fused-ring (bicyclic) bond motifs is 4. The molecule has 0 N–H and O–H groups in total. The first-order valence-corrected chi connectivity index (χ1v) is 20.9. The minimum atomic E-state index is -2.81. The van der Waals surface area contributed by atoms with Gasteiger partial charge in [0.25, 0.3) is 0 Å². The second-order valence-corrected chi connectivity index (χ2v) is 18.0. The minimum Gasteiger partial charge on any atom is -0.309 e. The molecule has 0 aliphatic carbocycles. The Hall–Kier alpha value is -6.94. The first kappa shape index (κ1) is 32.7. The molecule has 8 aromatic carbocycles. The molecule has 8 aromatic rings. The Morgan fingerprint density at radius 3 is 0.800 bits per heavy atom. The van der Waals surface area contributed by atoms with Gasteiger partial charge in [0.2, 0.25) is 0 Å². The van der Waals surface area contributed by atoms with E-state index in [0.29, 0.717) is 0 Å². The van der Waals surface area contributed by atoms with Crippen molar-refractivity contribution in [3.05, 3.63) is 229 Å². The van der Waals surface area contributed by atoms with Crippen LogP contribution in [0.15, 0.2) is 206 Å². The van der Waals surface area contributed by atoms with Crippen molar-refractivity contribution in [2.45, 2.75) is 0 Å². The van der Waals surface area contributed by atoms with Crippen LogP contribution in [-0.2, 0) is 0 Å². The fraction of sp³-hybridized carbons (Fsp3) is 0. The van der Waals surface area contributed by atoms with Gasteiger partial charge in [-0.3, -0.25) is 0 Å². The van der Waals surface area contributed by atoms with Gasteiger partial charge >= 0.3 is 0 Å². The van der Waals surface area contributed by atoms with Crippen LogP contribution in [0.3, 0.4) is 0 Å². The summed E-state index contributed by atoms with van der Waals surface area (Å²) in [5, 5.41) is 5.38. The van der Waals surface area contributed by atoms with E-state index < -0.39 is 8.07 Å². The van der Waals surface area contributed by atoms with E-state index in [2.05, 4.69) is 240 Å². The second-order valence-electron chi connectivity index (χ2n) is 14.1. The molecule has 0 saturated carbocycles. The summed E-state index contributed by atoms with van der Waals surface area (Å²) in [5.41, 5.74) is 11.8. The molecule has 2 nitrogen and oxygen atoms in total. The van der Waals surface area contributed by atoms with Crippen molar-refractivity contribution in [3.8, 4) is 0 Å². The fourth-order valence-electron chi connectivity index (χ4n) is 8.60. The highest BCUT2D eigenvalue weighted by Crippen LogP contribution is 2.43. The number of anilines is 6. The highest BCUT2D eigenvalue weighted by Gasteiger charge is 2.41. The Balaban J connectivity index is 1.15. The van der Waals surface area contributed by atoms with E-state index in [9.17, 15) is 0 Å². The Kier molecular flexibility index (Phi) is 8.20. The first-order chi connectivity index (χ1) is 27.3. The zero-order chi connectivity index (χ0) is 36.6. The van der Waals surface area contributed by atoms with Crippen molar-refractivity contribution < 1.29 is 0 Å². The molecule has 2 aliphatic heterocycles. The van der Waals surface area contributed by atoms with E-state index in [1.165, 1.54) is 65.8 Å². The first-order valence-electron chi connectivity index (χ1n) is 18.9. The fourth-order valence-corrected chi connectivity index (χ4v) is 13.3. The normalized spacial score (nSPS) is 12.9. The van der Waals surface area contributed by atoms with Gasteiger partial charge < -0.3 is 9.80 Å². The standard InChI is InChI=1S/C52H38N2Si/c1-3-19-45(20-4-1)55(46-21-5-2-6-22-46,47-35-31-43(32-36-47)53-49-23-11-7-15-39(49)27-28-40-16-8-12-24-50(40)53)48-37-33-44(34-38-48)54-51-25-13-9-17-41(51)29-30-42-18-10-14-26-52(42)54/h1-38H. The van der Waals surface area contributed by atoms with Crippen LogP contribution in [0.5, 0.6) is 0 Å². The van der Waals surface area contributed by atoms with Gasteiger partial charge in [-0.2, -0.15) is 0 Å². The molecule has 0 saturated heterocycles. The van der Waals surface area contributed by atoms with Gasteiger partial charge in [0.1, 0.15) is 0 Å². The SMILES string of the molecule is C1=Cc2ccccc2N(c2ccc([Si](c3ccccc3)(c3ccccc3)c3ccc(N4c5ccccc5C=Cc5ccccc54)cc3)cc2)c2ccccc21. The molecule has 10 rings (SSSR count). The van der Waals surface area contributed by atoms with E-state index in [1.807, 2.05) is 0 Å². The van der Waals surface area contributed by atoms with Gasteiger partial charge in [0.15, 0.2) is 8.07 Å². The second kappa shape index (κ2) is 13.8. The minimum absolute atomic E-state index is 1.14. The lowest BCUT2D eigenvalue weighted by molar-refractivity contribution is 1.28. The van der Waals surface area contributed by atoms with Crippen LogP contribution in [-0.4, -0.2) is 8.07 Å². The molecular weight excluding hydrogens is 681 g/mol. The summed E-state index contributed by atoms with van der Waals surface area (Å²) in [6.45, 7) is 0. The molecule has 0 atom stereocenters. The van der Waals surface area contributed by atoms with Crippen LogP contribution in [0, 0.1) is 0 Å². The zero-order valence-electron chi connectivity index (χ0n) is 30.3. The van der Waals surface area contributed by atoms with E-state index in [0.717, 1.165) is 11.4 Å². The van der Waals surface area contributed by atoms with Crippen molar-refractivity contribution >= 4 is 87.2 Å². The molecule has 0 radical (unpaired) electrons. The summed E-state index contributed by atoms with van der Waals surface area (Å²) in [6, 6.07) is 76.0. The van der Waals surface area contributed by atoms with Crippen LogP contribution < -0.4 is 30.5 Å². The molecule has 0 aromatic heterocycles. The molecule has 260 valence electrons. The molecule has 0 fully saturated rings. The molecule has 0 amide bonds. The van der Waals surface area contributed by atoms with Crippen molar-refractivity contribution in [3.63, 3.8) is 0 Å². The molecule has 0 spiro atoms. The summed E-state index contributed by atoms with van der Waals surface area (Å²) in [7, 11) is -2.81. The third-order valence-electron chi connectivity index (χ3n) is 11.1. The van der Waals surface area contributed by atoms with Crippen LogP contribution >= 0.6 is 0 Å². The molecule has 3 heteroatoms. The van der Waals surface area contributed by atoms with Gasteiger partial charge in [-0.05, 0) is 91.5 Å². The van der Waals surface area contributed by atoms with E-state index in [-0.39, 0.29) is 0 Å². The maximum absolute atomic E-state index is 2.81. The van der Waals surface area contributed by atoms with Crippen LogP contribution in [0.2, 0.25) is 0 Å². The molecule has 2 heterocycles. The largest absolute Gasteiger partial charge is 0.309 e. The van der Waals surface area contributed by atoms with Crippen molar-refractivity contribution in [1.82, 2.24) is 0 Å². The van der Waals surface area contributed by atoms with Crippen molar-refractivity contribution in [2.75, 3.05) is 9.80 Å². The highest BCUT2D eigenvalue weighted by atomic mass is 28.3. The maximum Gasteiger partial charge on any atom is 0.179 e. The van der Waals surface area contributed by atoms with Crippen molar-refractivity contribution in [2.24, 2.45) is 0 Å². The van der Waals surface area contributed by atoms with E-state index in [4.69, 9.17) is 0 Å². The Bertz CT molecular complexity index is 2410. The summed E-state index contributed by atoms with van der Waals surface area (Å²) in [6.07, 6.45) is 8.92. The van der Waals surface area contributed by atoms with Crippen LogP contribution in [0.4, 0.5) is 34.1 Å². The summed E-state index contributed by atoms with van der Waals surface area (Å²) in [4.78, 5) is 4.81. The summed E-state index contributed by atoms with van der Waals surface area (Å²) < 4.78 is 0. The summed E-state index contributed by atoms with van der Waals surface area (Å²) >= 11 is 0. The highest BCUT2D eigenvalue weighted by molar-refractivity contribution is 7.19. The topological polar surface area (TPSA) is 6.48 Å². The lowest BCUT2D eigenvalue weighted by Gasteiger charge is -2.35. The Morgan fingerprint density at radius 1 is 0.236 bits per heavy atom. The number of hydrogen-bond acceptors (Lipinski definition) is 2. The predicted octanol–water partition coefficient (Wildman–Crippen LogP) is 11.0. The monoisotopic (exact) mass is 718 g/mol. The third kappa shape index (κ3) is 5.56. The lowest BCUT2D eigenvalue weighted by Crippen LogP contribution is -2.74. The van der Waals surface area contributed by atoms with Gasteiger partial charge in [-0.1, -0.05) is 182 Å². The Labute approximate surface area is 324 Å². The zero-order valence-corrected chi connectivity index (χ0v) is 31.3. The van der Waals surface area contributed by atoms with Crippen LogP contribution in [0.1, 0.15) is 22.3 Å². The number of hydrogen-bond donors (Lipinski definition) is 0. The number of para-hydroxylation sites is 4. The van der Waals surface area contributed by atoms with Crippen LogP contribution in [0.25, 0.3) is 24.3 Å². The van der Waals surface area contributed by atoms with Gasteiger partial charge in [0.05, 0.1) is 22.7 Å². The number of nitrogens with zero attached hydrogens (tertiary/aromatic N) is 2. The quantitative estimate of drug-likeness (QED) is 0.125. The molecule has 0 bridgehead atoms. The van der Waals surface area contributed by atoms with Crippen molar-refractivity contribution in [1.29, 1.82) is 0 Å². The van der Waals surface area contributed by atoms with E-state index >= 15 is 0 Å². The molecule has 0 unspecified atom stereocenters. The smallest absolute Gasteiger partial charge is 0.179 e. The average molecular weight is 719 g/mol. The van der Waals surface area contributed by atoms with Gasteiger partial charge in [0, 0.05) is 11.4 Å². The predicted molar refractivity (Wildman–Crippen MR) is 237 cm³/mol. The molecule has 55 heavy (non-hydrogen) atoms. The Morgan fingerprint density at radius 2 is 0.491 bits per heavy atom. The summed E-state index contributed by atoms with van der Waals surface area (Å²) in [5.74, 6) is 0. The molecular formula is C52H38N2Si. The number of rotatable bonds is 6. The third-order valence-corrected chi connectivity index (χ3v) is 15.9. The molecule has 2 aliphatic rings. The van der Waals surface area contributed by atoms with Gasteiger partial charge in [-0.15, -0.1) is 0 Å². The van der Waals surface area contributed by atoms with E-state index in [1.54, 1.807) is 0 Å². The maximum atomic E-state index is 2.41.